The van der Waals surface area contributed by atoms with Crippen molar-refractivity contribution in [2.24, 2.45) is 0 Å². The molecular formula is C18H28N2O. The molecule has 0 aromatic heterocycles. The maximum atomic E-state index is 10.7. The quantitative estimate of drug-likeness (QED) is 0.890. The molecule has 0 aliphatic heterocycles. The molecule has 0 spiro atoms. The van der Waals surface area contributed by atoms with Crippen LogP contribution in [0.25, 0.3) is 0 Å². The lowest BCUT2D eigenvalue weighted by atomic mass is 9.77. The smallest absolute Gasteiger partial charge is 0.123 e. The Morgan fingerprint density at radius 2 is 1.38 bits per heavy atom. The van der Waals surface area contributed by atoms with Gasteiger partial charge in [0.1, 0.15) is 11.8 Å². The molecule has 0 heterocycles. The summed E-state index contributed by atoms with van der Waals surface area (Å²) in [6, 6.07) is 5.97. The van der Waals surface area contributed by atoms with E-state index in [9.17, 15) is 10.4 Å². The van der Waals surface area contributed by atoms with Crippen LogP contribution >= 0.6 is 0 Å². The summed E-state index contributed by atoms with van der Waals surface area (Å²) in [5, 5.41) is 20.1. The van der Waals surface area contributed by atoms with Crippen LogP contribution in [0.5, 0.6) is 5.75 Å². The first-order valence-electron chi connectivity index (χ1n) is 7.33. The van der Waals surface area contributed by atoms with Gasteiger partial charge in [-0.1, -0.05) is 41.5 Å². The van der Waals surface area contributed by atoms with Crippen molar-refractivity contribution in [1.82, 2.24) is 4.90 Å². The Morgan fingerprint density at radius 1 is 1.00 bits per heavy atom. The van der Waals surface area contributed by atoms with Gasteiger partial charge in [0.15, 0.2) is 0 Å². The average molecular weight is 288 g/mol. The van der Waals surface area contributed by atoms with Gasteiger partial charge in [-0.05, 0) is 53.7 Å². The van der Waals surface area contributed by atoms with Crippen LogP contribution in [0.2, 0.25) is 0 Å². The molecule has 0 radical (unpaired) electrons. The normalized spacial score (nSPS) is 14.1. The predicted molar refractivity (Wildman–Crippen MR) is 87.5 cm³/mol. The minimum absolute atomic E-state index is 0.174. The van der Waals surface area contributed by atoms with Crippen LogP contribution in [0.3, 0.4) is 0 Å². The van der Waals surface area contributed by atoms with Gasteiger partial charge < -0.3 is 5.11 Å². The lowest BCUT2D eigenvalue weighted by molar-refractivity contribution is 0.355. The predicted octanol–water partition coefficient (Wildman–Crippen LogP) is 4.11. The van der Waals surface area contributed by atoms with Gasteiger partial charge in [-0.15, -0.1) is 0 Å². The van der Waals surface area contributed by atoms with E-state index >= 15 is 0 Å². The van der Waals surface area contributed by atoms with Crippen molar-refractivity contribution in [1.29, 1.82) is 5.26 Å². The van der Waals surface area contributed by atoms with E-state index in [4.69, 9.17) is 0 Å². The van der Waals surface area contributed by atoms with Crippen molar-refractivity contribution >= 4 is 0 Å². The number of nitrogens with zero attached hydrogens (tertiary/aromatic N) is 2. The molecule has 0 fully saturated rings. The zero-order valence-electron chi connectivity index (χ0n) is 14.6. The van der Waals surface area contributed by atoms with Crippen LogP contribution in [-0.2, 0) is 10.8 Å². The second kappa shape index (κ2) is 5.69. The van der Waals surface area contributed by atoms with Crippen LogP contribution in [0.4, 0.5) is 0 Å². The molecule has 116 valence electrons. The molecule has 1 aromatic rings. The minimum atomic E-state index is -0.312. The topological polar surface area (TPSA) is 47.3 Å². The number of hydrogen-bond acceptors (Lipinski definition) is 3. The maximum Gasteiger partial charge on any atom is 0.123 e. The van der Waals surface area contributed by atoms with Gasteiger partial charge in [-0.25, -0.2) is 0 Å². The Balaban J connectivity index is 3.67. The van der Waals surface area contributed by atoms with E-state index in [0.29, 0.717) is 5.75 Å². The highest BCUT2D eigenvalue weighted by Crippen LogP contribution is 2.41. The van der Waals surface area contributed by atoms with Gasteiger partial charge in [0.25, 0.3) is 0 Å². The summed E-state index contributed by atoms with van der Waals surface area (Å²) in [5.41, 5.74) is 2.38. The number of benzene rings is 1. The van der Waals surface area contributed by atoms with Gasteiger partial charge >= 0.3 is 0 Å². The molecule has 0 aliphatic rings. The molecule has 3 nitrogen and oxygen atoms in total. The fourth-order valence-corrected chi connectivity index (χ4v) is 2.45. The SMILES string of the molecule is CN(C)C(C#N)c1cc(C(C)(C)C)c(O)c(C(C)(C)C)c1. The van der Waals surface area contributed by atoms with Crippen molar-refractivity contribution in [3.63, 3.8) is 0 Å². The average Bonchev–Trinajstić information content (AvgIpc) is 2.28. The Hall–Kier alpha value is -1.53. The van der Waals surface area contributed by atoms with Crippen molar-refractivity contribution < 1.29 is 5.11 Å². The van der Waals surface area contributed by atoms with E-state index in [1.165, 1.54) is 0 Å². The Morgan fingerprint density at radius 3 is 1.62 bits per heavy atom. The molecule has 1 atom stereocenters. The number of nitriles is 1. The summed E-state index contributed by atoms with van der Waals surface area (Å²) in [7, 11) is 3.79. The Kier molecular flexibility index (Phi) is 4.75. The second-order valence-electron chi connectivity index (χ2n) is 7.96. The van der Waals surface area contributed by atoms with Crippen molar-refractivity contribution in [2.75, 3.05) is 14.1 Å². The van der Waals surface area contributed by atoms with E-state index in [-0.39, 0.29) is 16.9 Å². The summed E-state index contributed by atoms with van der Waals surface area (Å²) in [5.74, 6) is 0.356. The second-order valence-corrected chi connectivity index (χ2v) is 7.96. The number of phenols is 1. The molecule has 1 rings (SSSR count). The highest BCUT2D eigenvalue weighted by molar-refractivity contribution is 5.51. The number of hydrogen-bond donors (Lipinski definition) is 1. The highest BCUT2D eigenvalue weighted by Gasteiger charge is 2.28. The highest BCUT2D eigenvalue weighted by atomic mass is 16.3. The Bertz CT molecular complexity index is 519. The zero-order valence-corrected chi connectivity index (χ0v) is 14.6. The Labute approximate surface area is 129 Å². The third-order valence-corrected chi connectivity index (χ3v) is 3.70. The standard InChI is InChI=1S/C18H28N2O/c1-17(2,3)13-9-12(15(11-19)20(7)8)10-14(16(13)21)18(4,5)6/h9-10,15,21H,1-8H3. The summed E-state index contributed by atoms with van der Waals surface area (Å²) >= 11 is 0. The summed E-state index contributed by atoms with van der Waals surface area (Å²) in [6.45, 7) is 12.5. The van der Waals surface area contributed by atoms with E-state index in [1.54, 1.807) is 0 Å². The van der Waals surface area contributed by atoms with Gasteiger partial charge in [0.05, 0.1) is 6.07 Å². The van der Waals surface area contributed by atoms with Gasteiger partial charge in [0, 0.05) is 0 Å². The lowest BCUT2D eigenvalue weighted by Gasteiger charge is -2.30. The van der Waals surface area contributed by atoms with Gasteiger partial charge in [-0.3, -0.25) is 4.90 Å². The van der Waals surface area contributed by atoms with Crippen LogP contribution in [0, 0.1) is 11.3 Å². The number of phenolic OH excluding ortho intramolecular Hbond substituents is 1. The fourth-order valence-electron chi connectivity index (χ4n) is 2.45. The maximum absolute atomic E-state index is 10.7. The molecule has 0 saturated heterocycles. The van der Waals surface area contributed by atoms with E-state index in [0.717, 1.165) is 16.7 Å². The van der Waals surface area contributed by atoms with Crippen molar-refractivity contribution in [2.45, 2.75) is 58.4 Å². The van der Waals surface area contributed by atoms with Crippen LogP contribution in [0.15, 0.2) is 12.1 Å². The molecule has 1 unspecified atom stereocenters. The number of rotatable bonds is 2. The van der Waals surface area contributed by atoms with E-state index in [1.807, 2.05) is 31.1 Å². The first-order chi connectivity index (χ1) is 9.39. The third-order valence-electron chi connectivity index (χ3n) is 3.70. The molecule has 21 heavy (non-hydrogen) atoms. The molecule has 0 aliphatic carbocycles. The van der Waals surface area contributed by atoms with Crippen molar-refractivity contribution in [3.8, 4) is 11.8 Å². The number of aromatic hydroxyl groups is 1. The first kappa shape index (κ1) is 17.5. The van der Waals surface area contributed by atoms with Crippen LogP contribution in [0.1, 0.15) is 64.3 Å². The summed E-state index contributed by atoms with van der Waals surface area (Å²) < 4.78 is 0. The molecule has 3 heteroatoms. The first-order valence-corrected chi connectivity index (χ1v) is 7.33. The lowest BCUT2D eigenvalue weighted by Crippen LogP contribution is -2.22. The molecular weight excluding hydrogens is 260 g/mol. The van der Waals surface area contributed by atoms with E-state index < -0.39 is 0 Å². The minimum Gasteiger partial charge on any atom is -0.507 e. The van der Waals surface area contributed by atoms with Crippen molar-refractivity contribution in [3.05, 3.63) is 28.8 Å². The van der Waals surface area contributed by atoms with Crippen LogP contribution < -0.4 is 0 Å². The third kappa shape index (κ3) is 3.77. The largest absolute Gasteiger partial charge is 0.507 e. The van der Waals surface area contributed by atoms with Gasteiger partial charge in [-0.2, -0.15) is 5.26 Å². The fraction of sp³-hybridized carbons (Fsp3) is 0.611. The molecule has 0 bridgehead atoms. The molecule has 1 N–H and O–H groups in total. The molecule has 0 amide bonds. The van der Waals surface area contributed by atoms with Gasteiger partial charge in [0.2, 0.25) is 0 Å². The monoisotopic (exact) mass is 288 g/mol. The molecule has 1 aromatic carbocycles. The van der Waals surface area contributed by atoms with Crippen LogP contribution in [-0.4, -0.2) is 24.1 Å². The van der Waals surface area contributed by atoms with E-state index in [2.05, 4.69) is 47.6 Å². The zero-order chi connectivity index (χ0) is 16.6. The summed E-state index contributed by atoms with van der Waals surface area (Å²) in [4.78, 5) is 1.89. The molecule has 0 saturated carbocycles. The summed E-state index contributed by atoms with van der Waals surface area (Å²) in [6.07, 6.45) is 0.